The van der Waals surface area contributed by atoms with Crippen molar-refractivity contribution in [3.05, 3.63) is 77.4 Å². The van der Waals surface area contributed by atoms with Gasteiger partial charge in [-0.2, -0.15) is 0 Å². The van der Waals surface area contributed by atoms with Gasteiger partial charge in [0.15, 0.2) is 0 Å². The van der Waals surface area contributed by atoms with Crippen LogP contribution in [0.25, 0.3) is 11.1 Å². The number of rotatable bonds is 4. The second-order valence-electron chi connectivity index (χ2n) is 6.30. The molecule has 0 heterocycles. The summed E-state index contributed by atoms with van der Waals surface area (Å²) in [6.07, 6.45) is 0.591. The van der Waals surface area contributed by atoms with Gasteiger partial charge in [-0.15, -0.1) is 0 Å². The minimum atomic E-state index is -4.52. The molecule has 0 fully saturated rings. The zero-order valence-electron chi connectivity index (χ0n) is 14.7. The molecular formula is C20H19NaO3S. The Hall–Kier alpha value is -1.17. The van der Waals surface area contributed by atoms with E-state index in [-0.39, 0.29) is 40.4 Å². The third-order valence-electron chi connectivity index (χ3n) is 4.24. The van der Waals surface area contributed by atoms with Crippen molar-refractivity contribution in [3.63, 3.8) is 0 Å². The Bertz CT molecular complexity index is 934. The maximum atomic E-state index is 11.7. The molecular weight excluding hydrogens is 343 g/mol. The first-order valence-corrected chi connectivity index (χ1v) is 9.32. The number of benzene rings is 1. The monoisotopic (exact) mass is 362 g/mol. The van der Waals surface area contributed by atoms with Gasteiger partial charge >= 0.3 is 29.6 Å². The van der Waals surface area contributed by atoms with E-state index in [1.54, 1.807) is 0 Å². The summed E-state index contributed by atoms with van der Waals surface area (Å²) >= 11 is 0. The van der Waals surface area contributed by atoms with Crippen LogP contribution in [0, 0.1) is 0 Å². The zero-order chi connectivity index (χ0) is 17.3. The van der Waals surface area contributed by atoms with Crippen molar-refractivity contribution in [1.29, 1.82) is 0 Å². The minimum absolute atomic E-state index is 0. The average molecular weight is 362 g/mol. The molecule has 0 radical (unpaired) electrons. The Morgan fingerprint density at radius 1 is 0.920 bits per heavy atom. The summed E-state index contributed by atoms with van der Waals surface area (Å²) in [5, 5.41) is 0. The molecule has 0 saturated carbocycles. The standard InChI is InChI=1S/C20H20O3S.Na/c1-14(2)16-9-6-10-18-17(11-15-7-4-3-5-8-15)13-20(19(18)12-16)24(21,22)23;/h3-10,12-14H,11H2,1-2H3,(H,21,22,23);/q;+1/p-1. The smallest absolute Gasteiger partial charge is 0.744 e. The van der Waals surface area contributed by atoms with Crippen LogP contribution in [0.5, 0.6) is 0 Å². The Balaban J connectivity index is 0.00000225. The van der Waals surface area contributed by atoms with Gasteiger partial charge in [0.1, 0.15) is 10.1 Å². The first kappa shape index (κ1) is 20.1. The molecule has 0 bridgehead atoms. The molecule has 0 atom stereocenters. The molecule has 3 nitrogen and oxygen atoms in total. The molecule has 0 saturated heterocycles. The number of fused-ring (bicyclic) bond motifs is 1. The topological polar surface area (TPSA) is 57.2 Å². The molecule has 0 N–H and O–H groups in total. The van der Waals surface area contributed by atoms with Crippen LogP contribution in [0.3, 0.4) is 0 Å². The summed E-state index contributed by atoms with van der Waals surface area (Å²) in [6.45, 7) is 4.08. The molecule has 0 spiro atoms. The van der Waals surface area contributed by atoms with E-state index in [9.17, 15) is 13.0 Å². The molecule has 0 aromatic heterocycles. The van der Waals surface area contributed by atoms with Crippen LogP contribution < -0.4 is 29.6 Å². The fourth-order valence-electron chi connectivity index (χ4n) is 2.96. The molecule has 0 unspecified atom stereocenters. The van der Waals surface area contributed by atoms with Gasteiger partial charge in [0, 0.05) is 0 Å². The van der Waals surface area contributed by atoms with Gasteiger partial charge in [-0.05, 0) is 52.3 Å². The predicted molar refractivity (Wildman–Crippen MR) is 94.4 cm³/mol. The van der Waals surface area contributed by atoms with Crippen molar-refractivity contribution in [3.8, 4) is 11.1 Å². The van der Waals surface area contributed by atoms with E-state index in [2.05, 4.69) is 0 Å². The van der Waals surface area contributed by atoms with Crippen LogP contribution >= 0.6 is 0 Å². The molecule has 0 amide bonds. The van der Waals surface area contributed by atoms with Crippen molar-refractivity contribution in [2.45, 2.75) is 31.1 Å². The molecule has 124 valence electrons. The zero-order valence-corrected chi connectivity index (χ0v) is 17.5. The van der Waals surface area contributed by atoms with Gasteiger partial charge in [-0.25, -0.2) is 8.42 Å². The normalized spacial score (nSPS) is 11.5. The summed E-state index contributed by atoms with van der Waals surface area (Å²) in [6, 6.07) is 19.0. The van der Waals surface area contributed by atoms with Gasteiger partial charge in [0.25, 0.3) is 0 Å². The Labute approximate surface area is 171 Å². The molecule has 0 aliphatic heterocycles. The second kappa shape index (κ2) is 8.02. The van der Waals surface area contributed by atoms with E-state index in [0.717, 1.165) is 22.3 Å². The van der Waals surface area contributed by atoms with Crippen molar-refractivity contribution < 1.29 is 42.5 Å². The van der Waals surface area contributed by atoms with E-state index in [0.29, 0.717) is 12.0 Å². The molecule has 1 aromatic rings. The summed E-state index contributed by atoms with van der Waals surface area (Å²) in [4.78, 5) is -0.124. The molecule has 2 aliphatic carbocycles. The van der Waals surface area contributed by atoms with Crippen molar-refractivity contribution in [2.24, 2.45) is 0 Å². The van der Waals surface area contributed by atoms with Crippen LogP contribution in [0.4, 0.5) is 0 Å². The molecule has 3 rings (SSSR count). The largest absolute Gasteiger partial charge is 1.00 e. The third kappa shape index (κ3) is 4.52. The molecule has 2 aliphatic rings. The average Bonchev–Trinajstić information content (AvgIpc) is 2.72. The van der Waals surface area contributed by atoms with Crippen LogP contribution in [-0.2, 0) is 16.5 Å². The van der Waals surface area contributed by atoms with Crippen molar-refractivity contribution >= 4 is 10.1 Å². The fourth-order valence-corrected chi connectivity index (χ4v) is 3.69. The summed E-state index contributed by atoms with van der Waals surface area (Å²) < 4.78 is 35.2. The first-order chi connectivity index (χ1) is 11.4. The molecule has 25 heavy (non-hydrogen) atoms. The van der Waals surface area contributed by atoms with Crippen LogP contribution in [-0.4, -0.2) is 13.0 Å². The minimum Gasteiger partial charge on any atom is -0.744 e. The van der Waals surface area contributed by atoms with E-state index in [1.165, 1.54) is 6.07 Å². The van der Waals surface area contributed by atoms with Gasteiger partial charge in [0.2, 0.25) is 0 Å². The summed E-state index contributed by atoms with van der Waals surface area (Å²) in [5.41, 5.74) is 4.28. The maximum absolute atomic E-state index is 11.7. The first-order valence-electron chi connectivity index (χ1n) is 7.91. The molecule has 1 aromatic carbocycles. The third-order valence-corrected chi connectivity index (χ3v) is 5.12. The number of hydrogen-bond acceptors (Lipinski definition) is 3. The van der Waals surface area contributed by atoms with E-state index >= 15 is 0 Å². The SMILES string of the molecule is CC(C)c1cccc2c(Cc3ccccc3)cc(S(=O)(=O)[O-])c-2c1.[Na+]. The Kier molecular flexibility index (Phi) is 6.46. The van der Waals surface area contributed by atoms with Crippen molar-refractivity contribution in [1.82, 2.24) is 0 Å². The Morgan fingerprint density at radius 3 is 2.20 bits per heavy atom. The van der Waals surface area contributed by atoms with Gasteiger partial charge in [-0.3, -0.25) is 0 Å². The maximum Gasteiger partial charge on any atom is 1.00 e. The van der Waals surface area contributed by atoms with Crippen LogP contribution in [0.2, 0.25) is 0 Å². The van der Waals surface area contributed by atoms with Gasteiger partial charge in [-0.1, -0.05) is 62.4 Å². The van der Waals surface area contributed by atoms with Gasteiger partial charge in [0.05, 0.1) is 4.90 Å². The molecule has 5 heteroatoms. The van der Waals surface area contributed by atoms with Crippen molar-refractivity contribution in [2.75, 3.05) is 0 Å². The van der Waals surface area contributed by atoms with Crippen LogP contribution in [0.15, 0.2) is 65.6 Å². The quantitative estimate of drug-likeness (QED) is 0.521. The summed E-state index contributed by atoms with van der Waals surface area (Å²) in [5.74, 6) is 0.246. The van der Waals surface area contributed by atoms with E-state index in [4.69, 9.17) is 0 Å². The Morgan fingerprint density at radius 2 is 1.60 bits per heavy atom. The van der Waals surface area contributed by atoms with E-state index < -0.39 is 10.1 Å². The number of hydrogen-bond donors (Lipinski definition) is 0. The predicted octanol–water partition coefficient (Wildman–Crippen LogP) is 1.41. The van der Waals surface area contributed by atoms with Gasteiger partial charge < -0.3 is 4.55 Å². The summed E-state index contributed by atoms with van der Waals surface area (Å²) in [7, 11) is -4.52. The fraction of sp³-hybridized carbons (Fsp3) is 0.200. The van der Waals surface area contributed by atoms with E-state index in [1.807, 2.05) is 68.4 Å². The second-order valence-corrected chi connectivity index (χ2v) is 7.65. The van der Waals surface area contributed by atoms with Crippen LogP contribution in [0.1, 0.15) is 36.5 Å².